The van der Waals surface area contributed by atoms with Crippen LogP contribution in [-0.2, 0) is 0 Å². The second-order valence-electron chi connectivity index (χ2n) is 4.68. The van der Waals surface area contributed by atoms with Crippen LogP contribution in [-0.4, -0.2) is 41.6 Å². The van der Waals surface area contributed by atoms with Crippen LogP contribution in [0, 0.1) is 5.92 Å². The van der Waals surface area contributed by atoms with E-state index >= 15 is 0 Å². The van der Waals surface area contributed by atoms with Crippen molar-refractivity contribution in [2.45, 2.75) is 26.3 Å². The Morgan fingerprint density at radius 1 is 1.60 bits per heavy atom. The molecule has 3 unspecified atom stereocenters. The lowest BCUT2D eigenvalue weighted by atomic mass is 9.90. The minimum Gasteiger partial charge on any atom is -1.00 e. The molecular weight excluding hydrogens is 303 g/mol. The molecule has 15 heavy (non-hydrogen) atoms. The molecule has 1 rings (SSSR count). The minimum absolute atomic E-state index is 0. The van der Waals surface area contributed by atoms with Crippen LogP contribution in [0.25, 0.3) is 0 Å². The summed E-state index contributed by atoms with van der Waals surface area (Å²) in [5, 5.41) is 12.2. The van der Waals surface area contributed by atoms with Gasteiger partial charge in [0.25, 0.3) is 0 Å². The number of piperidine rings is 1. The number of nitrogens with zero attached hydrogens (tertiary/aromatic N) is 2. The van der Waals surface area contributed by atoms with Crippen LogP contribution < -0.4 is 24.0 Å². The largest absolute Gasteiger partial charge is 1.00 e. The Morgan fingerprint density at radius 3 is 2.67 bits per heavy atom. The summed E-state index contributed by atoms with van der Waals surface area (Å²) in [4.78, 5) is 0. The molecule has 4 heteroatoms. The van der Waals surface area contributed by atoms with Crippen LogP contribution in [0.1, 0.15) is 20.3 Å². The highest BCUT2D eigenvalue weighted by Crippen LogP contribution is 2.25. The summed E-state index contributed by atoms with van der Waals surface area (Å²) in [7, 11) is 2.25. The van der Waals surface area contributed by atoms with Crippen molar-refractivity contribution in [3.63, 3.8) is 0 Å². The maximum Gasteiger partial charge on any atom is 0.0971 e. The number of rotatable bonds is 2. The molecule has 1 saturated heterocycles. The number of oxime groups is 1. The molecule has 0 aromatic rings. The molecule has 0 aromatic carbocycles. The molecule has 0 saturated carbocycles. The Kier molecular flexibility index (Phi) is 5.80. The van der Waals surface area contributed by atoms with Gasteiger partial charge in [0.05, 0.1) is 31.9 Å². The summed E-state index contributed by atoms with van der Waals surface area (Å²) in [6.07, 6.45) is 2.87. The molecule has 0 spiro atoms. The maximum atomic E-state index is 8.84. The molecule has 3 atom stereocenters. The van der Waals surface area contributed by atoms with Crippen molar-refractivity contribution < 1.29 is 33.7 Å². The molecule has 1 aliphatic heterocycles. The monoisotopic (exact) mass is 324 g/mol. The highest BCUT2D eigenvalue weighted by Gasteiger charge is 2.38. The SMILES string of the molecule is C=CC[N+]1(C)CC(C)/C(=N\O)CC1C.[I-]. The van der Waals surface area contributed by atoms with Gasteiger partial charge >= 0.3 is 0 Å². The third kappa shape index (κ3) is 3.17. The number of hydrogen-bond acceptors (Lipinski definition) is 2. The van der Waals surface area contributed by atoms with Crippen molar-refractivity contribution in [1.29, 1.82) is 0 Å². The van der Waals surface area contributed by atoms with Crippen molar-refractivity contribution in [3.8, 4) is 0 Å². The predicted molar refractivity (Wildman–Crippen MR) is 58.6 cm³/mol. The Bertz CT molecular complexity index is 255. The van der Waals surface area contributed by atoms with E-state index in [-0.39, 0.29) is 24.0 Å². The van der Waals surface area contributed by atoms with Gasteiger partial charge in [-0.05, 0) is 13.0 Å². The first-order chi connectivity index (χ1) is 6.53. The number of quaternary nitrogens is 1. The van der Waals surface area contributed by atoms with E-state index in [1.165, 1.54) is 0 Å². The summed E-state index contributed by atoms with van der Waals surface area (Å²) in [5.74, 6) is 0.376. The van der Waals surface area contributed by atoms with E-state index in [0.29, 0.717) is 12.0 Å². The van der Waals surface area contributed by atoms with E-state index in [0.717, 1.165) is 29.7 Å². The summed E-state index contributed by atoms with van der Waals surface area (Å²) in [6.45, 7) is 10.2. The molecule has 0 aromatic heterocycles. The lowest BCUT2D eigenvalue weighted by Gasteiger charge is -2.45. The van der Waals surface area contributed by atoms with Crippen LogP contribution in [0.3, 0.4) is 0 Å². The van der Waals surface area contributed by atoms with Gasteiger partial charge in [0.15, 0.2) is 0 Å². The molecule has 1 heterocycles. The quantitative estimate of drug-likeness (QED) is 0.226. The molecule has 1 fully saturated rings. The second-order valence-corrected chi connectivity index (χ2v) is 4.68. The maximum absolute atomic E-state index is 8.84. The van der Waals surface area contributed by atoms with Gasteiger partial charge in [0.2, 0.25) is 0 Å². The normalized spacial score (nSPS) is 38.5. The molecule has 0 aliphatic carbocycles. The van der Waals surface area contributed by atoms with E-state index in [2.05, 4.69) is 32.6 Å². The third-order valence-corrected chi connectivity index (χ3v) is 3.50. The lowest BCUT2D eigenvalue weighted by molar-refractivity contribution is -0.930. The van der Waals surface area contributed by atoms with E-state index in [1.54, 1.807) is 0 Å². The molecular formula is C11H21IN2O. The fourth-order valence-electron chi connectivity index (χ4n) is 2.32. The molecule has 3 nitrogen and oxygen atoms in total. The third-order valence-electron chi connectivity index (χ3n) is 3.50. The molecule has 88 valence electrons. The number of likely N-dealkylation sites (tertiary alicyclic amines) is 1. The Balaban J connectivity index is 0.00000196. The average molecular weight is 324 g/mol. The Hall–Kier alpha value is -0.100. The summed E-state index contributed by atoms with van der Waals surface area (Å²) in [6, 6.07) is 0.509. The van der Waals surface area contributed by atoms with Crippen molar-refractivity contribution >= 4 is 5.71 Å². The summed E-state index contributed by atoms with van der Waals surface area (Å²) < 4.78 is 1.00. The van der Waals surface area contributed by atoms with Crippen LogP contribution in [0.2, 0.25) is 0 Å². The zero-order valence-corrected chi connectivity index (χ0v) is 11.9. The van der Waals surface area contributed by atoms with Gasteiger partial charge in [-0.15, -0.1) is 0 Å². The highest BCUT2D eigenvalue weighted by molar-refractivity contribution is 5.86. The number of likely N-dealkylation sites (N-methyl/N-ethyl adjacent to an activating group) is 1. The lowest BCUT2D eigenvalue weighted by Crippen LogP contribution is -3.00. The first-order valence-electron chi connectivity index (χ1n) is 5.19. The van der Waals surface area contributed by atoms with Crippen LogP contribution >= 0.6 is 0 Å². The van der Waals surface area contributed by atoms with Gasteiger partial charge in [-0.2, -0.15) is 0 Å². The first kappa shape index (κ1) is 14.9. The van der Waals surface area contributed by atoms with Gasteiger partial charge in [0, 0.05) is 12.3 Å². The van der Waals surface area contributed by atoms with Gasteiger partial charge in [-0.3, -0.25) is 0 Å². The zero-order valence-electron chi connectivity index (χ0n) is 9.78. The molecule has 0 radical (unpaired) electrons. The Morgan fingerprint density at radius 2 is 2.20 bits per heavy atom. The summed E-state index contributed by atoms with van der Waals surface area (Å²) >= 11 is 0. The van der Waals surface area contributed by atoms with E-state index in [9.17, 15) is 0 Å². The fourth-order valence-corrected chi connectivity index (χ4v) is 2.32. The van der Waals surface area contributed by atoms with Crippen LogP contribution in [0.4, 0.5) is 0 Å². The standard InChI is InChI=1S/C11H20N2O.HI/c1-5-6-13(4)8-9(2)11(12-14)7-10(13)3;/h5,9-10H,1,6-8H2,2-4H3;1H/b12-11-;. The first-order valence-corrected chi connectivity index (χ1v) is 5.19. The van der Waals surface area contributed by atoms with Gasteiger partial charge in [-0.1, -0.05) is 18.7 Å². The fraction of sp³-hybridized carbons (Fsp3) is 0.727. The highest BCUT2D eigenvalue weighted by atomic mass is 127. The zero-order chi connectivity index (χ0) is 10.8. The molecule has 0 amide bonds. The average Bonchev–Trinajstić information content (AvgIpc) is 2.11. The van der Waals surface area contributed by atoms with Crippen molar-refractivity contribution in [2.75, 3.05) is 20.1 Å². The van der Waals surface area contributed by atoms with Gasteiger partial charge < -0.3 is 33.7 Å². The van der Waals surface area contributed by atoms with Crippen molar-refractivity contribution in [1.82, 2.24) is 0 Å². The smallest absolute Gasteiger partial charge is 0.0971 e. The van der Waals surface area contributed by atoms with E-state index in [1.807, 2.05) is 6.08 Å². The summed E-state index contributed by atoms with van der Waals surface area (Å²) in [5.41, 5.74) is 0.942. The van der Waals surface area contributed by atoms with Crippen molar-refractivity contribution in [2.24, 2.45) is 11.1 Å². The molecule has 1 aliphatic rings. The van der Waals surface area contributed by atoms with Crippen molar-refractivity contribution in [3.05, 3.63) is 12.7 Å². The van der Waals surface area contributed by atoms with E-state index in [4.69, 9.17) is 5.21 Å². The second kappa shape index (κ2) is 5.84. The van der Waals surface area contributed by atoms with Gasteiger partial charge in [-0.25, -0.2) is 0 Å². The molecule has 1 N–H and O–H groups in total. The predicted octanol–water partition coefficient (Wildman–Crippen LogP) is -1.12. The van der Waals surface area contributed by atoms with E-state index < -0.39 is 0 Å². The number of hydrogen-bond donors (Lipinski definition) is 1. The van der Waals surface area contributed by atoms with Crippen LogP contribution in [0.5, 0.6) is 0 Å². The number of halogens is 1. The molecule has 0 bridgehead atoms. The van der Waals surface area contributed by atoms with Crippen LogP contribution in [0.15, 0.2) is 17.8 Å². The minimum atomic E-state index is 0. The van der Waals surface area contributed by atoms with Gasteiger partial charge in [0.1, 0.15) is 0 Å². The topological polar surface area (TPSA) is 32.6 Å². The Labute approximate surface area is 109 Å².